The highest BCUT2D eigenvalue weighted by Crippen LogP contribution is 2.04. The highest BCUT2D eigenvalue weighted by Gasteiger charge is 2.08. The Kier molecular flexibility index (Phi) is 4.15. The molecule has 2 aromatic heterocycles. The second-order valence-electron chi connectivity index (χ2n) is 3.37. The van der Waals surface area contributed by atoms with Gasteiger partial charge in [-0.1, -0.05) is 0 Å². The zero-order chi connectivity index (χ0) is 12.8. The summed E-state index contributed by atoms with van der Waals surface area (Å²) >= 11 is 1.56. The van der Waals surface area contributed by atoms with Crippen LogP contribution in [-0.4, -0.2) is 27.4 Å². The number of carbonyl (C=O) groups excluding carboxylic acids is 1. The molecule has 0 aromatic carbocycles. The number of hydrazine groups is 1. The van der Waals surface area contributed by atoms with Gasteiger partial charge in [0.25, 0.3) is 5.91 Å². The van der Waals surface area contributed by atoms with Crippen LogP contribution in [0.5, 0.6) is 0 Å². The lowest BCUT2D eigenvalue weighted by atomic mass is 10.4. The maximum absolute atomic E-state index is 11.7. The number of nitrogens with one attached hydrogen (secondary N) is 2. The highest BCUT2D eigenvalue weighted by atomic mass is 32.1. The topological polar surface area (TPSA) is 106 Å². The van der Waals surface area contributed by atoms with Gasteiger partial charge >= 0.3 is 0 Å². The maximum Gasteiger partial charge on any atom is 0.271 e. The molecule has 2 aromatic rings. The number of nitrogens with zero attached hydrogens (tertiary/aromatic N) is 3. The number of carbonyl (C=O) groups is 1. The van der Waals surface area contributed by atoms with Gasteiger partial charge in [-0.2, -0.15) is 0 Å². The minimum atomic E-state index is -0.281. The van der Waals surface area contributed by atoms with Crippen LogP contribution in [0.4, 0.5) is 5.82 Å². The van der Waals surface area contributed by atoms with Gasteiger partial charge in [0, 0.05) is 24.5 Å². The van der Waals surface area contributed by atoms with E-state index in [1.54, 1.807) is 17.5 Å². The first-order valence-corrected chi connectivity index (χ1v) is 6.13. The number of anilines is 1. The van der Waals surface area contributed by atoms with Gasteiger partial charge in [0.2, 0.25) is 0 Å². The average Bonchev–Trinajstić information content (AvgIpc) is 2.92. The van der Waals surface area contributed by atoms with Crippen molar-refractivity contribution >= 4 is 23.1 Å². The van der Waals surface area contributed by atoms with Crippen LogP contribution in [0.1, 0.15) is 15.5 Å². The second kappa shape index (κ2) is 6.03. The largest absolute Gasteiger partial charge is 0.350 e. The van der Waals surface area contributed by atoms with E-state index in [2.05, 4.69) is 25.7 Å². The molecule has 2 heterocycles. The number of hydrogen-bond donors (Lipinski definition) is 3. The molecule has 0 aliphatic rings. The Bertz CT molecular complexity index is 515. The van der Waals surface area contributed by atoms with E-state index < -0.39 is 0 Å². The number of hydrogen-bond acceptors (Lipinski definition) is 7. The molecule has 0 aliphatic heterocycles. The molecule has 0 saturated carbocycles. The fourth-order valence-electron chi connectivity index (χ4n) is 1.29. The van der Waals surface area contributed by atoms with E-state index in [1.165, 1.54) is 12.4 Å². The van der Waals surface area contributed by atoms with E-state index >= 15 is 0 Å². The molecular formula is C10H12N6OS. The zero-order valence-corrected chi connectivity index (χ0v) is 10.3. The van der Waals surface area contributed by atoms with Crippen molar-refractivity contribution in [1.29, 1.82) is 0 Å². The van der Waals surface area contributed by atoms with E-state index in [0.717, 1.165) is 5.01 Å². The normalized spacial score (nSPS) is 10.1. The van der Waals surface area contributed by atoms with Gasteiger partial charge in [0.1, 0.15) is 5.69 Å². The third-order valence-electron chi connectivity index (χ3n) is 2.12. The molecule has 8 heteroatoms. The molecule has 0 fully saturated rings. The summed E-state index contributed by atoms with van der Waals surface area (Å²) in [6.07, 6.45) is 5.27. The molecule has 0 saturated heterocycles. The summed E-state index contributed by atoms with van der Waals surface area (Å²) in [5, 5.41) is 5.63. The Morgan fingerprint density at radius 3 is 3.06 bits per heavy atom. The molecule has 4 N–H and O–H groups in total. The van der Waals surface area contributed by atoms with Gasteiger partial charge in [0.15, 0.2) is 5.82 Å². The number of rotatable bonds is 5. The summed E-state index contributed by atoms with van der Waals surface area (Å²) in [5.74, 6) is 5.26. The third-order valence-corrected chi connectivity index (χ3v) is 2.96. The molecule has 0 bridgehead atoms. The average molecular weight is 264 g/mol. The standard InChI is InChI=1S/C10H12N6OS/c11-16-8-6-12-5-7(15-8)10(17)14-2-1-9-13-3-4-18-9/h3-6H,1-2,11H2,(H,14,17)(H,15,16). The van der Waals surface area contributed by atoms with Gasteiger partial charge in [-0.15, -0.1) is 11.3 Å². The van der Waals surface area contributed by atoms with Crippen molar-refractivity contribution in [3.63, 3.8) is 0 Å². The van der Waals surface area contributed by atoms with Crippen LogP contribution in [0.15, 0.2) is 24.0 Å². The van der Waals surface area contributed by atoms with Crippen molar-refractivity contribution in [3.05, 3.63) is 34.7 Å². The SMILES string of the molecule is NNc1cncc(C(=O)NCCc2nccs2)n1. The number of nitrogens with two attached hydrogens (primary N) is 1. The molecule has 0 unspecified atom stereocenters. The van der Waals surface area contributed by atoms with Crippen LogP contribution in [0, 0.1) is 0 Å². The molecule has 2 rings (SSSR count). The lowest BCUT2D eigenvalue weighted by Gasteiger charge is -2.04. The molecule has 0 aliphatic carbocycles. The summed E-state index contributed by atoms with van der Waals surface area (Å²) in [5.41, 5.74) is 2.57. The van der Waals surface area contributed by atoms with E-state index in [1.807, 2.05) is 5.38 Å². The monoisotopic (exact) mass is 264 g/mol. The first kappa shape index (κ1) is 12.4. The second-order valence-corrected chi connectivity index (χ2v) is 4.34. The van der Waals surface area contributed by atoms with E-state index in [-0.39, 0.29) is 11.6 Å². The first-order valence-electron chi connectivity index (χ1n) is 5.25. The van der Waals surface area contributed by atoms with Gasteiger partial charge in [-0.25, -0.2) is 15.8 Å². The molecular weight excluding hydrogens is 252 g/mol. The number of nitrogen functional groups attached to an aromatic ring is 1. The lowest BCUT2D eigenvalue weighted by molar-refractivity contribution is 0.0949. The van der Waals surface area contributed by atoms with Crippen molar-refractivity contribution in [2.24, 2.45) is 5.84 Å². The number of thiazole rings is 1. The summed E-state index contributed by atoms with van der Waals surface area (Å²) < 4.78 is 0. The number of aromatic nitrogens is 3. The molecule has 7 nitrogen and oxygen atoms in total. The van der Waals surface area contributed by atoms with Crippen molar-refractivity contribution in [2.75, 3.05) is 12.0 Å². The fraction of sp³-hybridized carbons (Fsp3) is 0.200. The summed E-state index contributed by atoms with van der Waals surface area (Å²) in [7, 11) is 0. The van der Waals surface area contributed by atoms with E-state index in [9.17, 15) is 4.79 Å². The quantitative estimate of drug-likeness (QED) is 0.526. The minimum Gasteiger partial charge on any atom is -0.350 e. The van der Waals surface area contributed by atoms with Gasteiger partial charge < -0.3 is 10.7 Å². The fourth-order valence-corrected chi connectivity index (χ4v) is 1.92. The maximum atomic E-state index is 11.7. The Morgan fingerprint density at radius 2 is 2.33 bits per heavy atom. The van der Waals surface area contributed by atoms with Crippen LogP contribution in [0.25, 0.3) is 0 Å². The lowest BCUT2D eigenvalue weighted by Crippen LogP contribution is -2.27. The van der Waals surface area contributed by atoms with Crippen molar-refractivity contribution in [1.82, 2.24) is 20.3 Å². The van der Waals surface area contributed by atoms with Crippen molar-refractivity contribution < 1.29 is 4.79 Å². The summed E-state index contributed by atoms with van der Waals surface area (Å²) in [4.78, 5) is 23.7. The summed E-state index contributed by atoms with van der Waals surface area (Å²) in [6, 6.07) is 0. The predicted molar refractivity (Wildman–Crippen MR) is 68.0 cm³/mol. The predicted octanol–water partition coefficient (Wildman–Crippen LogP) is 0.191. The summed E-state index contributed by atoms with van der Waals surface area (Å²) in [6.45, 7) is 0.508. The Balaban J connectivity index is 1.87. The zero-order valence-electron chi connectivity index (χ0n) is 9.46. The van der Waals surface area contributed by atoms with Crippen molar-refractivity contribution in [3.8, 4) is 0 Å². The van der Waals surface area contributed by atoms with Crippen LogP contribution >= 0.6 is 11.3 Å². The van der Waals surface area contributed by atoms with Crippen molar-refractivity contribution in [2.45, 2.75) is 6.42 Å². The molecule has 18 heavy (non-hydrogen) atoms. The molecule has 0 atom stereocenters. The van der Waals surface area contributed by atoms with E-state index in [4.69, 9.17) is 5.84 Å². The molecule has 94 valence electrons. The Labute approximate surface area is 107 Å². The Morgan fingerprint density at radius 1 is 1.44 bits per heavy atom. The van der Waals surface area contributed by atoms with Gasteiger partial charge in [-0.3, -0.25) is 9.78 Å². The van der Waals surface area contributed by atoms with Gasteiger partial charge in [-0.05, 0) is 0 Å². The third kappa shape index (κ3) is 3.22. The van der Waals surface area contributed by atoms with Crippen LogP contribution in [-0.2, 0) is 6.42 Å². The molecule has 1 amide bonds. The van der Waals surface area contributed by atoms with E-state index in [0.29, 0.717) is 18.8 Å². The van der Waals surface area contributed by atoms with Crippen LogP contribution < -0.4 is 16.6 Å². The highest BCUT2D eigenvalue weighted by molar-refractivity contribution is 7.09. The number of amides is 1. The smallest absolute Gasteiger partial charge is 0.271 e. The van der Waals surface area contributed by atoms with Gasteiger partial charge in [0.05, 0.1) is 17.4 Å². The molecule has 0 spiro atoms. The van der Waals surface area contributed by atoms with Crippen LogP contribution in [0.2, 0.25) is 0 Å². The molecule has 0 radical (unpaired) electrons. The Hall–Kier alpha value is -2.06. The minimum absolute atomic E-state index is 0.226. The van der Waals surface area contributed by atoms with Crippen LogP contribution in [0.3, 0.4) is 0 Å². The first-order chi connectivity index (χ1) is 8.79.